The maximum atomic E-state index is 10.7. The SMILES string of the molecule is COCCN(c1ncccc1/C=C/C(=O)O)C(C)COC. The molecular weight excluding hydrogens is 272 g/mol. The fraction of sp³-hybridized carbons (Fsp3) is 0.467. The van der Waals surface area contributed by atoms with E-state index in [9.17, 15) is 4.79 Å². The van der Waals surface area contributed by atoms with E-state index in [1.165, 1.54) is 0 Å². The topological polar surface area (TPSA) is 71.9 Å². The highest BCUT2D eigenvalue weighted by Crippen LogP contribution is 2.21. The number of carboxylic acid groups (broad SMARTS) is 1. The highest BCUT2D eigenvalue weighted by molar-refractivity contribution is 5.86. The first kappa shape index (κ1) is 17.1. The van der Waals surface area contributed by atoms with Crippen LogP contribution in [-0.2, 0) is 14.3 Å². The van der Waals surface area contributed by atoms with Crippen molar-refractivity contribution < 1.29 is 19.4 Å². The van der Waals surface area contributed by atoms with Gasteiger partial charge in [0.1, 0.15) is 5.82 Å². The van der Waals surface area contributed by atoms with E-state index in [-0.39, 0.29) is 6.04 Å². The molecule has 1 atom stereocenters. The van der Waals surface area contributed by atoms with E-state index in [2.05, 4.69) is 9.88 Å². The molecule has 1 aromatic rings. The molecule has 0 aromatic carbocycles. The van der Waals surface area contributed by atoms with Crippen molar-refractivity contribution >= 4 is 17.9 Å². The second kappa shape index (κ2) is 9.10. The van der Waals surface area contributed by atoms with Gasteiger partial charge < -0.3 is 19.5 Å². The van der Waals surface area contributed by atoms with Gasteiger partial charge in [-0.1, -0.05) is 0 Å². The molecule has 0 fully saturated rings. The minimum atomic E-state index is -0.988. The molecule has 1 unspecified atom stereocenters. The normalized spacial score (nSPS) is 12.5. The Morgan fingerprint density at radius 3 is 2.86 bits per heavy atom. The number of nitrogens with zero attached hydrogens (tertiary/aromatic N) is 2. The van der Waals surface area contributed by atoms with E-state index < -0.39 is 5.97 Å². The number of methoxy groups -OCH3 is 2. The number of rotatable bonds is 9. The predicted octanol–water partition coefficient (Wildman–Crippen LogP) is 1.67. The van der Waals surface area contributed by atoms with Crippen molar-refractivity contribution in [1.82, 2.24) is 4.98 Å². The van der Waals surface area contributed by atoms with Gasteiger partial charge in [-0.25, -0.2) is 9.78 Å². The molecule has 0 amide bonds. The van der Waals surface area contributed by atoms with Gasteiger partial charge in [-0.05, 0) is 25.1 Å². The van der Waals surface area contributed by atoms with Crippen LogP contribution in [0.25, 0.3) is 6.08 Å². The van der Waals surface area contributed by atoms with Crippen molar-refractivity contribution in [3.05, 3.63) is 30.0 Å². The number of aromatic nitrogens is 1. The Balaban J connectivity index is 3.07. The lowest BCUT2D eigenvalue weighted by atomic mass is 10.2. The molecule has 0 radical (unpaired) electrons. The van der Waals surface area contributed by atoms with Gasteiger partial charge in [0.05, 0.1) is 19.3 Å². The molecule has 0 aliphatic rings. The lowest BCUT2D eigenvalue weighted by Crippen LogP contribution is -2.39. The fourth-order valence-electron chi connectivity index (χ4n) is 2.00. The number of aliphatic carboxylic acids is 1. The van der Waals surface area contributed by atoms with Crippen LogP contribution < -0.4 is 4.90 Å². The molecule has 1 rings (SSSR count). The van der Waals surface area contributed by atoms with Gasteiger partial charge in [0.15, 0.2) is 0 Å². The van der Waals surface area contributed by atoms with E-state index in [4.69, 9.17) is 14.6 Å². The minimum absolute atomic E-state index is 0.0945. The largest absolute Gasteiger partial charge is 0.478 e. The number of carbonyl (C=O) groups is 1. The average Bonchev–Trinajstić information content (AvgIpc) is 2.46. The van der Waals surface area contributed by atoms with Crippen molar-refractivity contribution in [2.45, 2.75) is 13.0 Å². The van der Waals surface area contributed by atoms with Crippen molar-refractivity contribution in [1.29, 1.82) is 0 Å². The Bertz CT molecular complexity index is 476. The Morgan fingerprint density at radius 1 is 1.48 bits per heavy atom. The zero-order valence-corrected chi connectivity index (χ0v) is 12.7. The van der Waals surface area contributed by atoms with E-state index in [1.807, 2.05) is 13.0 Å². The van der Waals surface area contributed by atoms with Crippen LogP contribution in [0.4, 0.5) is 5.82 Å². The molecule has 1 aromatic heterocycles. The summed E-state index contributed by atoms with van der Waals surface area (Å²) in [5, 5.41) is 8.78. The summed E-state index contributed by atoms with van der Waals surface area (Å²) in [6, 6.07) is 3.71. The zero-order chi connectivity index (χ0) is 15.7. The summed E-state index contributed by atoms with van der Waals surface area (Å²) >= 11 is 0. The van der Waals surface area contributed by atoms with Crippen molar-refractivity contribution in [2.24, 2.45) is 0 Å². The molecule has 6 nitrogen and oxygen atoms in total. The molecule has 0 saturated heterocycles. The van der Waals surface area contributed by atoms with E-state index in [0.717, 1.165) is 17.5 Å². The van der Waals surface area contributed by atoms with Crippen LogP contribution in [0.1, 0.15) is 12.5 Å². The predicted molar refractivity (Wildman–Crippen MR) is 81.5 cm³/mol. The average molecular weight is 294 g/mol. The van der Waals surface area contributed by atoms with Crippen molar-refractivity contribution in [3.63, 3.8) is 0 Å². The maximum Gasteiger partial charge on any atom is 0.328 e. The summed E-state index contributed by atoms with van der Waals surface area (Å²) in [5.74, 6) is -0.269. The van der Waals surface area contributed by atoms with Gasteiger partial charge in [-0.15, -0.1) is 0 Å². The van der Waals surface area contributed by atoms with Crippen LogP contribution in [0.2, 0.25) is 0 Å². The summed E-state index contributed by atoms with van der Waals surface area (Å²) in [5.41, 5.74) is 0.749. The highest BCUT2D eigenvalue weighted by atomic mass is 16.5. The first-order chi connectivity index (χ1) is 10.1. The number of hydrogen-bond acceptors (Lipinski definition) is 5. The zero-order valence-electron chi connectivity index (χ0n) is 12.7. The second-order valence-electron chi connectivity index (χ2n) is 4.58. The van der Waals surface area contributed by atoms with Crippen LogP contribution in [0, 0.1) is 0 Å². The summed E-state index contributed by atoms with van der Waals surface area (Å²) in [6.07, 6.45) is 4.34. The Kier molecular flexibility index (Phi) is 7.42. The van der Waals surface area contributed by atoms with Crippen LogP contribution in [0.3, 0.4) is 0 Å². The van der Waals surface area contributed by atoms with Gasteiger partial charge in [0.2, 0.25) is 0 Å². The summed E-state index contributed by atoms with van der Waals surface area (Å²) in [6.45, 7) is 3.76. The quantitative estimate of drug-likeness (QED) is 0.698. The van der Waals surface area contributed by atoms with Crippen molar-refractivity contribution in [3.8, 4) is 0 Å². The smallest absolute Gasteiger partial charge is 0.328 e. The number of pyridine rings is 1. The van der Waals surface area contributed by atoms with E-state index >= 15 is 0 Å². The van der Waals surface area contributed by atoms with Crippen LogP contribution in [0.5, 0.6) is 0 Å². The lowest BCUT2D eigenvalue weighted by Gasteiger charge is -2.30. The standard InChI is InChI=1S/C15H22N2O4/c1-12(11-21-3)17(9-10-20-2)15-13(5-4-8-16-15)6-7-14(18)19/h4-8,12H,9-11H2,1-3H3,(H,18,19)/b7-6+. The fourth-order valence-corrected chi connectivity index (χ4v) is 2.00. The lowest BCUT2D eigenvalue weighted by molar-refractivity contribution is -0.131. The third-order valence-corrected chi connectivity index (χ3v) is 2.97. The first-order valence-electron chi connectivity index (χ1n) is 6.70. The first-order valence-corrected chi connectivity index (χ1v) is 6.70. The molecule has 0 saturated carbocycles. The molecule has 6 heteroatoms. The summed E-state index contributed by atoms with van der Waals surface area (Å²) in [4.78, 5) is 17.1. The van der Waals surface area contributed by atoms with E-state index in [1.54, 1.807) is 32.6 Å². The summed E-state index contributed by atoms with van der Waals surface area (Å²) < 4.78 is 10.3. The highest BCUT2D eigenvalue weighted by Gasteiger charge is 2.17. The van der Waals surface area contributed by atoms with Gasteiger partial charge in [-0.3, -0.25) is 0 Å². The molecule has 0 spiro atoms. The molecule has 21 heavy (non-hydrogen) atoms. The van der Waals surface area contributed by atoms with Crippen LogP contribution in [0.15, 0.2) is 24.4 Å². The number of carboxylic acids is 1. The van der Waals surface area contributed by atoms with Gasteiger partial charge >= 0.3 is 5.97 Å². The second-order valence-corrected chi connectivity index (χ2v) is 4.58. The number of hydrogen-bond donors (Lipinski definition) is 1. The van der Waals surface area contributed by atoms with Crippen molar-refractivity contribution in [2.75, 3.05) is 38.9 Å². The third-order valence-electron chi connectivity index (χ3n) is 2.97. The molecule has 0 aliphatic heterocycles. The monoisotopic (exact) mass is 294 g/mol. The number of anilines is 1. The Morgan fingerprint density at radius 2 is 2.24 bits per heavy atom. The molecule has 116 valence electrons. The molecule has 0 bridgehead atoms. The molecular formula is C15H22N2O4. The number of ether oxygens (including phenoxy) is 2. The van der Waals surface area contributed by atoms with Gasteiger partial charge in [0, 0.05) is 38.6 Å². The van der Waals surface area contributed by atoms with Gasteiger partial charge in [-0.2, -0.15) is 0 Å². The molecule has 1 heterocycles. The Hall–Kier alpha value is -1.92. The third kappa shape index (κ3) is 5.53. The minimum Gasteiger partial charge on any atom is -0.478 e. The maximum absolute atomic E-state index is 10.7. The molecule has 1 N–H and O–H groups in total. The summed E-state index contributed by atoms with van der Waals surface area (Å²) in [7, 11) is 3.29. The van der Waals surface area contributed by atoms with Crippen LogP contribution >= 0.6 is 0 Å². The molecule has 0 aliphatic carbocycles. The van der Waals surface area contributed by atoms with Gasteiger partial charge in [0.25, 0.3) is 0 Å². The van der Waals surface area contributed by atoms with Crippen LogP contribution in [-0.4, -0.2) is 56.1 Å². The van der Waals surface area contributed by atoms with E-state index in [0.29, 0.717) is 19.8 Å². The Labute approximate surface area is 125 Å².